The minimum atomic E-state index is -0.218. The number of para-hydroxylation sites is 1. The van der Waals surface area contributed by atoms with E-state index < -0.39 is 0 Å². The maximum atomic E-state index is 13.0. The summed E-state index contributed by atoms with van der Waals surface area (Å²) < 4.78 is 1.69. The number of nitrogens with one attached hydrogen (secondary N) is 1. The highest BCUT2D eigenvalue weighted by atomic mass is 35.5. The minimum absolute atomic E-state index is 0.0608. The van der Waals surface area contributed by atoms with Crippen LogP contribution in [0.2, 0.25) is 5.02 Å². The molecule has 2 aromatic heterocycles. The summed E-state index contributed by atoms with van der Waals surface area (Å²) in [6.07, 6.45) is 5.70. The van der Waals surface area contributed by atoms with Crippen molar-refractivity contribution < 1.29 is 4.79 Å². The standard InChI is InChI=1S/C21H23ClN4O2S/c1-2-3-4-7-12-26-20(28)16-8-5-6-9-17(16)24-21(26)29-14-19(27)25-18-11-10-15(22)13-23-18/h5-6,8-11,13H,2-4,7,12,14H2,1H3,(H,23,25,27). The van der Waals surface area contributed by atoms with E-state index in [1.165, 1.54) is 18.0 Å². The summed E-state index contributed by atoms with van der Waals surface area (Å²) in [5.74, 6) is 0.345. The number of hydrogen-bond donors (Lipinski definition) is 1. The smallest absolute Gasteiger partial charge is 0.262 e. The van der Waals surface area contributed by atoms with Gasteiger partial charge in [-0.3, -0.25) is 14.2 Å². The van der Waals surface area contributed by atoms with E-state index in [0.29, 0.717) is 33.4 Å². The van der Waals surface area contributed by atoms with Crippen LogP contribution in [0.1, 0.15) is 32.6 Å². The molecule has 1 N–H and O–H groups in total. The molecule has 152 valence electrons. The molecule has 0 atom stereocenters. The number of amides is 1. The highest BCUT2D eigenvalue weighted by Gasteiger charge is 2.13. The predicted molar refractivity (Wildman–Crippen MR) is 119 cm³/mol. The normalized spacial score (nSPS) is 11.0. The van der Waals surface area contributed by atoms with E-state index in [1.807, 2.05) is 18.2 Å². The molecule has 1 aromatic carbocycles. The lowest BCUT2D eigenvalue weighted by Crippen LogP contribution is -2.24. The molecular formula is C21H23ClN4O2S. The molecular weight excluding hydrogens is 408 g/mol. The molecule has 0 fully saturated rings. The van der Waals surface area contributed by atoms with Crippen molar-refractivity contribution in [3.05, 3.63) is 58.0 Å². The fourth-order valence-corrected chi connectivity index (χ4v) is 3.85. The highest BCUT2D eigenvalue weighted by Crippen LogP contribution is 2.19. The van der Waals surface area contributed by atoms with E-state index in [1.54, 1.807) is 22.8 Å². The van der Waals surface area contributed by atoms with Gasteiger partial charge in [-0.05, 0) is 30.7 Å². The number of benzene rings is 1. The summed E-state index contributed by atoms with van der Waals surface area (Å²) in [7, 11) is 0. The van der Waals surface area contributed by atoms with Crippen LogP contribution in [0.25, 0.3) is 10.9 Å². The SMILES string of the molecule is CCCCCCn1c(SCC(=O)Nc2ccc(Cl)cn2)nc2ccccc2c1=O. The Morgan fingerprint density at radius 1 is 1.17 bits per heavy atom. The first-order valence-corrected chi connectivity index (χ1v) is 11.0. The van der Waals surface area contributed by atoms with Gasteiger partial charge in [0.1, 0.15) is 5.82 Å². The van der Waals surface area contributed by atoms with E-state index in [0.717, 1.165) is 25.7 Å². The zero-order valence-electron chi connectivity index (χ0n) is 16.2. The van der Waals surface area contributed by atoms with Gasteiger partial charge >= 0.3 is 0 Å². The second-order valence-corrected chi connectivity index (χ2v) is 8.01. The second-order valence-electron chi connectivity index (χ2n) is 6.63. The molecule has 2 heterocycles. The molecule has 1 amide bonds. The first-order chi connectivity index (χ1) is 14.1. The Morgan fingerprint density at radius 2 is 2.00 bits per heavy atom. The van der Waals surface area contributed by atoms with Gasteiger partial charge in [-0.25, -0.2) is 9.97 Å². The first kappa shape index (κ1) is 21.3. The van der Waals surface area contributed by atoms with Crippen LogP contribution in [0.15, 0.2) is 52.5 Å². The zero-order chi connectivity index (χ0) is 20.6. The zero-order valence-corrected chi connectivity index (χ0v) is 17.8. The molecule has 0 radical (unpaired) electrons. The van der Waals surface area contributed by atoms with Gasteiger partial charge in [-0.1, -0.05) is 61.7 Å². The molecule has 29 heavy (non-hydrogen) atoms. The monoisotopic (exact) mass is 430 g/mol. The van der Waals surface area contributed by atoms with Crippen LogP contribution in [0.5, 0.6) is 0 Å². The summed E-state index contributed by atoms with van der Waals surface area (Å²) in [5.41, 5.74) is 0.582. The highest BCUT2D eigenvalue weighted by molar-refractivity contribution is 7.99. The molecule has 0 aliphatic carbocycles. The maximum Gasteiger partial charge on any atom is 0.262 e. The molecule has 0 aliphatic heterocycles. The third kappa shape index (κ3) is 5.81. The Morgan fingerprint density at radius 3 is 2.76 bits per heavy atom. The molecule has 0 bridgehead atoms. The average Bonchev–Trinajstić information content (AvgIpc) is 2.73. The van der Waals surface area contributed by atoms with E-state index in [4.69, 9.17) is 11.6 Å². The number of carbonyl (C=O) groups excluding carboxylic acids is 1. The number of nitrogens with zero attached hydrogens (tertiary/aromatic N) is 3. The minimum Gasteiger partial charge on any atom is -0.310 e. The average molecular weight is 431 g/mol. The van der Waals surface area contributed by atoms with Crippen molar-refractivity contribution in [1.29, 1.82) is 0 Å². The molecule has 3 aromatic rings. The van der Waals surface area contributed by atoms with E-state index in [9.17, 15) is 9.59 Å². The third-order valence-electron chi connectivity index (χ3n) is 4.39. The van der Waals surface area contributed by atoms with Crippen LogP contribution in [0.3, 0.4) is 0 Å². The van der Waals surface area contributed by atoms with Gasteiger partial charge in [0.25, 0.3) is 5.56 Å². The van der Waals surface area contributed by atoms with Crippen molar-refractivity contribution in [2.45, 2.75) is 44.3 Å². The predicted octanol–water partition coefficient (Wildman–Crippen LogP) is 4.76. The van der Waals surface area contributed by atoms with Crippen molar-refractivity contribution >= 4 is 46.0 Å². The van der Waals surface area contributed by atoms with Gasteiger partial charge in [0.15, 0.2) is 5.16 Å². The number of aromatic nitrogens is 3. The van der Waals surface area contributed by atoms with Crippen LogP contribution in [0, 0.1) is 0 Å². The van der Waals surface area contributed by atoms with Crippen molar-refractivity contribution in [2.24, 2.45) is 0 Å². The van der Waals surface area contributed by atoms with Crippen LogP contribution in [-0.2, 0) is 11.3 Å². The number of pyridine rings is 1. The van der Waals surface area contributed by atoms with Gasteiger partial charge in [0, 0.05) is 12.7 Å². The van der Waals surface area contributed by atoms with Crippen molar-refractivity contribution in [1.82, 2.24) is 14.5 Å². The maximum absolute atomic E-state index is 13.0. The Balaban J connectivity index is 1.76. The van der Waals surface area contributed by atoms with E-state index in [-0.39, 0.29) is 17.2 Å². The fraction of sp³-hybridized carbons (Fsp3) is 0.333. The summed E-state index contributed by atoms with van der Waals surface area (Å²) in [6, 6.07) is 10.6. The summed E-state index contributed by atoms with van der Waals surface area (Å²) in [6.45, 7) is 2.75. The number of unbranched alkanes of at least 4 members (excludes halogenated alkanes) is 3. The molecule has 0 aliphatic rings. The Hall–Kier alpha value is -2.38. The Labute approximate surface area is 178 Å². The number of hydrogen-bond acceptors (Lipinski definition) is 5. The van der Waals surface area contributed by atoms with Crippen molar-refractivity contribution in [2.75, 3.05) is 11.1 Å². The lowest BCUT2D eigenvalue weighted by atomic mass is 10.2. The van der Waals surface area contributed by atoms with E-state index in [2.05, 4.69) is 22.2 Å². The molecule has 0 saturated heterocycles. The Kier molecular flexibility index (Phi) is 7.66. The number of fused-ring (bicyclic) bond motifs is 1. The van der Waals surface area contributed by atoms with Gasteiger partial charge in [0.05, 0.1) is 21.7 Å². The lowest BCUT2D eigenvalue weighted by Gasteiger charge is -2.13. The molecule has 0 spiro atoms. The van der Waals surface area contributed by atoms with Crippen LogP contribution >= 0.6 is 23.4 Å². The molecule has 3 rings (SSSR count). The molecule has 6 nitrogen and oxygen atoms in total. The summed E-state index contributed by atoms with van der Waals surface area (Å²) >= 11 is 7.07. The number of rotatable bonds is 9. The first-order valence-electron chi connectivity index (χ1n) is 9.62. The molecule has 0 saturated carbocycles. The summed E-state index contributed by atoms with van der Waals surface area (Å²) in [5, 5.41) is 4.39. The van der Waals surface area contributed by atoms with Crippen molar-refractivity contribution in [3.63, 3.8) is 0 Å². The van der Waals surface area contributed by atoms with Gasteiger partial charge in [-0.2, -0.15) is 0 Å². The fourth-order valence-electron chi connectivity index (χ4n) is 2.91. The van der Waals surface area contributed by atoms with Gasteiger partial charge in [-0.15, -0.1) is 0 Å². The van der Waals surface area contributed by atoms with Crippen LogP contribution in [-0.4, -0.2) is 26.2 Å². The number of halogens is 1. The number of anilines is 1. The summed E-state index contributed by atoms with van der Waals surface area (Å²) in [4.78, 5) is 34.0. The second kappa shape index (κ2) is 10.4. The third-order valence-corrected chi connectivity index (χ3v) is 5.59. The Bertz CT molecular complexity index is 1040. The lowest BCUT2D eigenvalue weighted by molar-refractivity contribution is -0.113. The van der Waals surface area contributed by atoms with Gasteiger partial charge < -0.3 is 5.32 Å². The quantitative estimate of drug-likeness (QED) is 0.301. The van der Waals surface area contributed by atoms with Crippen LogP contribution in [0.4, 0.5) is 5.82 Å². The van der Waals surface area contributed by atoms with E-state index >= 15 is 0 Å². The number of carbonyl (C=O) groups is 1. The largest absolute Gasteiger partial charge is 0.310 e. The molecule has 8 heteroatoms. The molecule has 0 unspecified atom stereocenters. The topological polar surface area (TPSA) is 76.9 Å². The van der Waals surface area contributed by atoms with Gasteiger partial charge in [0.2, 0.25) is 5.91 Å². The van der Waals surface area contributed by atoms with Crippen LogP contribution < -0.4 is 10.9 Å². The number of thioether (sulfide) groups is 1. The van der Waals surface area contributed by atoms with Crippen molar-refractivity contribution in [3.8, 4) is 0 Å².